The molecule has 3 atom stereocenters. The van der Waals surface area contributed by atoms with Crippen LogP contribution in [0.1, 0.15) is 42.1 Å². The largest absolute Gasteiger partial charge is 0.494 e. The molecule has 0 radical (unpaired) electrons. The van der Waals surface area contributed by atoms with Gasteiger partial charge in [0.1, 0.15) is 11.5 Å². The van der Waals surface area contributed by atoms with E-state index in [1.807, 2.05) is 0 Å². The van der Waals surface area contributed by atoms with Gasteiger partial charge in [0, 0.05) is 43.4 Å². The van der Waals surface area contributed by atoms with Crippen LogP contribution in [-0.4, -0.2) is 80.4 Å². The van der Waals surface area contributed by atoms with Gasteiger partial charge in [0.2, 0.25) is 5.95 Å². The van der Waals surface area contributed by atoms with E-state index in [-0.39, 0.29) is 35.6 Å². The highest BCUT2D eigenvalue weighted by molar-refractivity contribution is 5.99. The quantitative estimate of drug-likeness (QED) is 0.623. The van der Waals surface area contributed by atoms with Gasteiger partial charge < -0.3 is 29.7 Å². The first kappa shape index (κ1) is 24.6. The van der Waals surface area contributed by atoms with Crippen molar-refractivity contribution in [3.8, 4) is 11.5 Å². The number of nitrogens with one attached hydrogen (secondary N) is 2. The van der Waals surface area contributed by atoms with Crippen LogP contribution in [0.5, 0.6) is 11.5 Å². The molecule has 0 aliphatic carbocycles. The number of hydrogen-bond acceptors (Lipinski definition) is 9. The third-order valence-corrected chi connectivity index (χ3v) is 6.95. The molecule has 2 N–H and O–H groups in total. The minimum Gasteiger partial charge on any atom is -0.494 e. The summed E-state index contributed by atoms with van der Waals surface area (Å²) in [5.41, 5.74) is 1.21. The lowest BCUT2D eigenvalue weighted by atomic mass is 9.94. The number of halogens is 2. The molecule has 0 spiro atoms. The second kappa shape index (κ2) is 10.5. The highest BCUT2D eigenvalue weighted by atomic mass is 19.1. The lowest BCUT2D eigenvalue weighted by Gasteiger charge is -2.27. The number of aromatic nitrogens is 2. The summed E-state index contributed by atoms with van der Waals surface area (Å²) in [6, 6.07) is 0.654. The number of hydrogen-bond donors (Lipinski definition) is 2. The number of anilines is 1. The SMILES string of the molecule is COc1cc(OC)c(F)c(C2Cc3cnc(NC4CCCOC4)nc3C(NC3CCN(C)C3)=N2)c1F. The summed E-state index contributed by atoms with van der Waals surface area (Å²) >= 11 is 0. The van der Waals surface area contributed by atoms with E-state index >= 15 is 8.78 Å². The topological polar surface area (TPSA) is 93.1 Å². The molecule has 0 amide bonds. The lowest BCUT2D eigenvalue weighted by Crippen LogP contribution is -2.40. The Kier molecular flexibility index (Phi) is 7.20. The summed E-state index contributed by atoms with van der Waals surface area (Å²) in [4.78, 5) is 16.3. The summed E-state index contributed by atoms with van der Waals surface area (Å²) in [6.45, 7) is 3.16. The Hall–Kier alpha value is -3.05. The highest BCUT2D eigenvalue weighted by Gasteiger charge is 2.33. The van der Waals surface area contributed by atoms with Crippen LogP contribution in [-0.2, 0) is 11.2 Å². The van der Waals surface area contributed by atoms with Crippen LogP contribution in [0, 0.1) is 11.6 Å². The van der Waals surface area contributed by atoms with E-state index in [1.165, 1.54) is 20.3 Å². The maximum absolute atomic E-state index is 15.3. The number of nitrogens with zero attached hydrogens (tertiary/aromatic N) is 4. The second-order valence-electron chi connectivity index (χ2n) is 9.54. The fraction of sp³-hybridized carbons (Fsp3) is 0.560. The number of aliphatic imine (C=N–C) groups is 1. The van der Waals surface area contributed by atoms with E-state index < -0.39 is 17.7 Å². The zero-order valence-corrected chi connectivity index (χ0v) is 20.8. The first-order valence-corrected chi connectivity index (χ1v) is 12.3. The summed E-state index contributed by atoms with van der Waals surface area (Å²) in [5.74, 6) is -0.772. The zero-order valence-electron chi connectivity index (χ0n) is 20.8. The minimum absolute atomic E-state index is 0.0957. The molecule has 0 saturated carbocycles. The van der Waals surface area contributed by atoms with Crippen LogP contribution in [0.15, 0.2) is 17.3 Å². The third kappa shape index (κ3) is 4.94. The summed E-state index contributed by atoms with van der Waals surface area (Å²) in [6.07, 6.45) is 4.84. The maximum atomic E-state index is 15.3. The molecule has 36 heavy (non-hydrogen) atoms. The fourth-order valence-corrected chi connectivity index (χ4v) is 5.05. The lowest BCUT2D eigenvalue weighted by molar-refractivity contribution is 0.0874. The number of rotatable bonds is 6. The maximum Gasteiger partial charge on any atom is 0.223 e. The van der Waals surface area contributed by atoms with E-state index in [1.54, 1.807) is 6.20 Å². The van der Waals surface area contributed by atoms with Crippen LogP contribution in [0.3, 0.4) is 0 Å². The molecule has 3 aliphatic rings. The Bertz CT molecular complexity index is 1110. The molecule has 11 heteroatoms. The predicted molar refractivity (Wildman–Crippen MR) is 131 cm³/mol. The number of ether oxygens (including phenoxy) is 3. The van der Waals surface area contributed by atoms with Crippen molar-refractivity contribution in [1.29, 1.82) is 0 Å². The molecule has 4 heterocycles. The van der Waals surface area contributed by atoms with Gasteiger partial charge >= 0.3 is 0 Å². The first-order chi connectivity index (χ1) is 17.5. The Morgan fingerprint density at radius 2 is 1.86 bits per heavy atom. The predicted octanol–water partition coefficient (Wildman–Crippen LogP) is 2.70. The molecule has 194 valence electrons. The molecule has 3 aliphatic heterocycles. The molecule has 0 bridgehead atoms. The minimum atomic E-state index is -0.836. The number of amidine groups is 1. The third-order valence-electron chi connectivity index (χ3n) is 6.95. The molecule has 3 unspecified atom stereocenters. The van der Waals surface area contributed by atoms with Crippen LogP contribution in [0.2, 0.25) is 0 Å². The fourth-order valence-electron chi connectivity index (χ4n) is 5.05. The van der Waals surface area contributed by atoms with Crippen LogP contribution < -0.4 is 20.1 Å². The molecule has 9 nitrogen and oxygen atoms in total. The summed E-state index contributed by atoms with van der Waals surface area (Å²) < 4.78 is 46.5. The van der Waals surface area contributed by atoms with Crippen molar-refractivity contribution in [1.82, 2.24) is 20.2 Å². The van der Waals surface area contributed by atoms with E-state index in [4.69, 9.17) is 24.2 Å². The molecular formula is C25H32F2N6O3. The van der Waals surface area contributed by atoms with Crippen molar-refractivity contribution in [3.05, 3.63) is 40.7 Å². The van der Waals surface area contributed by atoms with Crippen LogP contribution in [0.25, 0.3) is 0 Å². The smallest absolute Gasteiger partial charge is 0.223 e. The van der Waals surface area contributed by atoms with Crippen molar-refractivity contribution < 1.29 is 23.0 Å². The van der Waals surface area contributed by atoms with Gasteiger partial charge in [-0.15, -0.1) is 0 Å². The Balaban J connectivity index is 1.52. The summed E-state index contributed by atoms with van der Waals surface area (Å²) in [5, 5.41) is 6.84. The average Bonchev–Trinajstić information content (AvgIpc) is 3.29. The van der Waals surface area contributed by atoms with Gasteiger partial charge in [-0.3, -0.25) is 4.99 Å². The molecular weight excluding hydrogens is 470 g/mol. The van der Waals surface area contributed by atoms with Gasteiger partial charge in [-0.05, 0) is 32.9 Å². The monoisotopic (exact) mass is 502 g/mol. The van der Waals surface area contributed by atoms with Crippen molar-refractivity contribution in [2.75, 3.05) is 52.9 Å². The highest BCUT2D eigenvalue weighted by Crippen LogP contribution is 2.39. The first-order valence-electron chi connectivity index (χ1n) is 12.3. The Morgan fingerprint density at radius 3 is 2.50 bits per heavy atom. The van der Waals surface area contributed by atoms with Gasteiger partial charge in [-0.2, -0.15) is 0 Å². The number of likely N-dealkylation sites (N-methyl/N-ethyl adjacent to an activating group) is 1. The van der Waals surface area contributed by atoms with E-state index in [0.29, 0.717) is 24.1 Å². The van der Waals surface area contributed by atoms with Gasteiger partial charge in [0.25, 0.3) is 0 Å². The summed E-state index contributed by atoms with van der Waals surface area (Å²) in [7, 11) is 4.73. The van der Waals surface area contributed by atoms with Gasteiger partial charge in [-0.25, -0.2) is 18.7 Å². The van der Waals surface area contributed by atoms with Gasteiger partial charge in [0.15, 0.2) is 23.1 Å². The number of benzene rings is 1. The number of fused-ring (bicyclic) bond motifs is 1. The normalized spacial score (nSPS) is 24.1. The van der Waals surface area contributed by atoms with E-state index in [0.717, 1.165) is 44.5 Å². The Labute approximate surface area is 209 Å². The van der Waals surface area contributed by atoms with Crippen molar-refractivity contribution in [2.45, 2.75) is 43.8 Å². The molecule has 1 aromatic carbocycles. The zero-order chi connectivity index (χ0) is 25.2. The van der Waals surface area contributed by atoms with Crippen LogP contribution >= 0.6 is 0 Å². The molecule has 2 aromatic rings. The van der Waals surface area contributed by atoms with Crippen LogP contribution in [0.4, 0.5) is 14.7 Å². The number of likely N-dealkylation sites (tertiary alicyclic amines) is 1. The second-order valence-corrected chi connectivity index (χ2v) is 9.54. The van der Waals surface area contributed by atoms with Gasteiger partial charge in [0.05, 0.1) is 38.5 Å². The van der Waals surface area contributed by atoms with Crippen molar-refractivity contribution in [3.63, 3.8) is 0 Å². The van der Waals surface area contributed by atoms with Gasteiger partial charge in [-0.1, -0.05) is 0 Å². The van der Waals surface area contributed by atoms with E-state index in [2.05, 4.69) is 27.6 Å². The number of methoxy groups -OCH3 is 2. The molecule has 5 rings (SSSR count). The standard InChI is InChI=1S/C25H32F2N6O3/c1-33-7-6-15(12-33)29-24-23-14(11-28-25(32-23)30-16-5-4-8-36-13-16)9-17(31-24)20-21(26)18(34-2)10-19(35-3)22(20)27/h10-11,15-17H,4-9,12-13H2,1-3H3,(H,29,31)(H,28,30,32). The molecule has 1 aromatic heterocycles. The molecule has 2 saturated heterocycles. The molecule has 2 fully saturated rings. The van der Waals surface area contributed by atoms with Crippen molar-refractivity contribution in [2.24, 2.45) is 4.99 Å². The van der Waals surface area contributed by atoms with Crippen molar-refractivity contribution >= 4 is 11.8 Å². The Morgan fingerprint density at radius 1 is 1.08 bits per heavy atom. The van der Waals surface area contributed by atoms with E-state index in [9.17, 15) is 0 Å². The average molecular weight is 503 g/mol.